The normalized spacial score (nSPS) is 12.9. The number of imidazole rings is 1. The fourth-order valence-corrected chi connectivity index (χ4v) is 1.23. The molecule has 1 unspecified atom stereocenters. The molecule has 0 saturated heterocycles. The van der Waals surface area contributed by atoms with E-state index in [1.54, 1.807) is 22.8 Å². The molecule has 1 aromatic heterocycles. The number of rotatable bonds is 2. The standard InChI is InChI=1S/C8H11ClN4/c1-12(2)6(4-10)7-8(9)13(3)5-11-7/h5-6H,1-3H3. The molecule has 0 fully saturated rings. The lowest BCUT2D eigenvalue weighted by molar-refractivity contribution is 0.353. The van der Waals surface area contributed by atoms with E-state index in [2.05, 4.69) is 11.1 Å². The van der Waals surface area contributed by atoms with E-state index in [0.717, 1.165) is 0 Å². The van der Waals surface area contributed by atoms with Crippen molar-refractivity contribution in [2.75, 3.05) is 14.1 Å². The van der Waals surface area contributed by atoms with Crippen LogP contribution in [0.3, 0.4) is 0 Å². The van der Waals surface area contributed by atoms with Crippen LogP contribution in [-0.4, -0.2) is 28.5 Å². The molecule has 0 aliphatic rings. The van der Waals surface area contributed by atoms with Crippen LogP contribution in [0.15, 0.2) is 6.33 Å². The Morgan fingerprint density at radius 1 is 1.69 bits per heavy atom. The van der Waals surface area contributed by atoms with E-state index < -0.39 is 0 Å². The van der Waals surface area contributed by atoms with Gasteiger partial charge in [-0.1, -0.05) is 11.6 Å². The second-order valence-electron chi connectivity index (χ2n) is 3.03. The summed E-state index contributed by atoms with van der Waals surface area (Å²) in [6.45, 7) is 0. The maximum absolute atomic E-state index is 8.88. The predicted molar refractivity (Wildman–Crippen MR) is 50.3 cm³/mol. The summed E-state index contributed by atoms with van der Waals surface area (Å²) in [5.41, 5.74) is 0.608. The molecule has 0 spiro atoms. The molecule has 0 saturated carbocycles. The Labute approximate surface area is 82.4 Å². The molecule has 4 nitrogen and oxygen atoms in total. The van der Waals surface area contributed by atoms with E-state index in [1.807, 2.05) is 14.1 Å². The topological polar surface area (TPSA) is 44.9 Å². The van der Waals surface area contributed by atoms with Gasteiger partial charge in [-0.25, -0.2) is 4.98 Å². The Hall–Kier alpha value is -1.05. The Balaban J connectivity index is 3.07. The van der Waals surface area contributed by atoms with Crippen molar-refractivity contribution in [3.05, 3.63) is 17.2 Å². The van der Waals surface area contributed by atoms with Gasteiger partial charge in [-0.15, -0.1) is 0 Å². The van der Waals surface area contributed by atoms with E-state index >= 15 is 0 Å². The van der Waals surface area contributed by atoms with E-state index in [4.69, 9.17) is 16.9 Å². The lowest BCUT2D eigenvalue weighted by Crippen LogP contribution is -2.19. The van der Waals surface area contributed by atoms with E-state index in [-0.39, 0.29) is 6.04 Å². The molecule has 1 atom stereocenters. The molecule has 0 aromatic carbocycles. The molecule has 0 bridgehead atoms. The number of aryl methyl sites for hydroxylation is 1. The van der Waals surface area contributed by atoms with E-state index in [1.165, 1.54) is 0 Å². The maximum Gasteiger partial charge on any atom is 0.143 e. The first kappa shape index (κ1) is 10.0. The highest BCUT2D eigenvalue weighted by Gasteiger charge is 2.19. The fraction of sp³-hybridized carbons (Fsp3) is 0.500. The Morgan fingerprint density at radius 3 is 2.62 bits per heavy atom. The number of nitriles is 1. The minimum absolute atomic E-state index is 0.381. The van der Waals surface area contributed by atoms with Crippen LogP contribution in [-0.2, 0) is 7.05 Å². The molecule has 1 rings (SSSR count). The van der Waals surface area contributed by atoms with Crippen molar-refractivity contribution in [3.63, 3.8) is 0 Å². The van der Waals surface area contributed by atoms with Crippen LogP contribution in [0.5, 0.6) is 0 Å². The summed E-state index contributed by atoms with van der Waals surface area (Å²) in [7, 11) is 5.43. The van der Waals surface area contributed by atoms with Gasteiger partial charge < -0.3 is 4.57 Å². The summed E-state index contributed by atoms with van der Waals surface area (Å²) in [5, 5.41) is 9.40. The smallest absolute Gasteiger partial charge is 0.143 e. The summed E-state index contributed by atoms with van der Waals surface area (Å²) in [4.78, 5) is 5.85. The summed E-state index contributed by atoms with van der Waals surface area (Å²) < 4.78 is 1.69. The minimum Gasteiger partial charge on any atom is -0.325 e. The molecule has 13 heavy (non-hydrogen) atoms. The van der Waals surface area contributed by atoms with Gasteiger partial charge in [-0.3, -0.25) is 4.90 Å². The average Bonchev–Trinajstić information content (AvgIpc) is 2.37. The highest BCUT2D eigenvalue weighted by molar-refractivity contribution is 6.30. The second-order valence-corrected chi connectivity index (χ2v) is 3.38. The van der Waals surface area contributed by atoms with Gasteiger partial charge in [0.1, 0.15) is 16.9 Å². The SMILES string of the molecule is CN(C)C(C#N)c1ncn(C)c1Cl. The van der Waals surface area contributed by atoms with Crippen molar-refractivity contribution in [1.82, 2.24) is 14.5 Å². The molecule has 70 valence electrons. The second kappa shape index (κ2) is 3.77. The van der Waals surface area contributed by atoms with Crippen LogP contribution in [0.25, 0.3) is 0 Å². The lowest BCUT2D eigenvalue weighted by Gasteiger charge is -2.14. The fourth-order valence-electron chi connectivity index (χ4n) is 1.04. The summed E-state index contributed by atoms with van der Waals surface area (Å²) in [5.74, 6) is 0. The quantitative estimate of drug-likeness (QED) is 0.718. The first-order chi connectivity index (χ1) is 6.07. The largest absolute Gasteiger partial charge is 0.325 e. The first-order valence-electron chi connectivity index (χ1n) is 3.80. The third-order valence-corrected chi connectivity index (χ3v) is 2.25. The molecule has 1 heterocycles. The molecular formula is C8H11ClN4. The lowest BCUT2D eigenvalue weighted by atomic mass is 10.2. The molecule has 0 radical (unpaired) electrons. The van der Waals surface area contributed by atoms with Crippen molar-refractivity contribution in [3.8, 4) is 6.07 Å². The number of nitrogens with zero attached hydrogens (tertiary/aromatic N) is 4. The van der Waals surface area contributed by atoms with Crippen LogP contribution in [0.1, 0.15) is 11.7 Å². The Morgan fingerprint density at radius 2 is 2.31 bits per heavy atom. The van der Waals surface area contributed by atoms with Crippen LogP contribution >= 0.6 is 11.6 Å². The molecule has 0 aliphatic heterocycles. The molecule has 5 heteroatoms. The van der Waals surface area contributed by atoms with Crippen LogP contribution in [0.2, 0.25) is 5.15 Å². The zero-order valence-corrected chi connectivity index (χ0v) is 8.58. The maximum atomic E-state index is 8.88. The molecule has 0 amide bonds. The summed E-state index contributed by atoms with van der Waals surface area (Å²) in [6.07, 6.45) is 1.60. The first-order valence-corrected chi connectivity index (χ1v) is 4.18. The van der Waals surface area contributed by atoms with Crippen molar-refractivity contribution >= 4 is 11.6 Å². The van der Waals surface area contributed by atoms with Gasteiger partial charge in [0.25, 0.3) is 0 Å². The van der Waals surface area contributed by atoms with Crippen molar-refractivity contribution in [1.29, 1.82) is 5.26 Å². The Bertz CT molecular complexity index is 336. The van der Waals surface area contributed by atoms with Gasteiger partial charge in [0.15, 0.2) is 0 Å². The third kappa shape index (κ3) is 1.82. The zero-order chi connectivity index (χ0) is 10.0. The van der Waals surface area contributed by atoms with E-state index in [0.29, 0.717) is 10.8 Å². The molecule has 0 N–H and O–H groups in total. The number of halogens is 1. The molecule has 1 aromatic rings. The van der Waals surface area contributed by atoms with Gasteiger partial charge in [-0.2, -0.15) is 5.26 Å². The number of aromatic nitrogens is 2. The predicted octanol–water partition coefficient (Wildman–Crippen LogP) is 1.20. The highest BCUT2D eigenvalue weighted by atomic mass is 35.5. The average molecular weight is 199 g/mol. The van der Waals surface area contributed by atoms with Crippen molar-refractivity contribution in [2.24, 2.45) is 7.05 Å². The van der Waals surface area contributed by atoms with E-state index in [9.17, 15) is 0 Å². The van der Waals surface area contributed by atoms with Crippen LogP contribution in [0, 0.1) is 11.3 Å². The highest BCUT2D eigenvalue weighted by Crippen LogP contribution is 2.23. The minimum atomic E-state index is -0.381. The van der Waals surface area contributed by atoms with Gasteiger partial charge in [0, 0.05) is 7.05 Å². The Kier molecular flexibility index (Phi) is 2.91. The monoisotopic (exact) mass is 198 g/mol. The van der Waals surface area contributed by atoms with Gasteiger partial charge >= 0.3 is 0 Å². The summed E-state index contributed by atoms with van der Waals surface area (Å²) >= 11 is 5.95. The van der Waals surface area contributed by atoms with Gasteiger partial charge in [0.05, 0.1) is 12.4 Å². The summed E-state index contributed by atoms with van der Waals surface area (Å²) in [6, 6.07) is 1.76. The van der Waals surface area contributed by atoms with Crippen molar-refractivity contribution < 1.29 is 0 Å². The number of hydrogen-bond acceptors (Lipinski definition) is 3. The molecule has 0 aliphatic carbocycles. The van der Waals surface area contributed by atoms with Gasteiger partial charge in [-0.05, 0) is 14.1 Å². The third-order valence-electron chi connectivity index (χ3n) is 1.79. The zero-order valence-electron chi connectivity index (χ0n) is 7.82. The van der Waals surface area contributed by atoms with Crippen LogP contribution in [0.4, 0.5) is 0 Å². The van der Waals surface area contributed by atoms with Gasteiger partial charge in [0.2, 0.25) is 0 Å². The van der Waals surface area contributed by atoms with Crippen LogP contribution < -0.4 is 0 Å². The molecular weight excluding hydrogens is 188 g/mol. The number of hydrogen-bond donors (Lipinski definition) is 0. The van der Waals surface area contributed by atoms with Crippen molar-refractivity contribution in [2.45, 2.75) is 6.04 Å².